The van der Waals surface area contributed by atoms with Crippen LogP contribution in [0.5, 0.6) is 5.75 Å². The van der Waals surface area contributed by atoms with Crippen molar-refractivity contribution < 1.29 is 9.53 Å². The first-order valence-corrected chi connectivity index (χ1v) is 10.9. The summed E-state index contributed by atoms with van der Waals surface area (Å²) in [6.45, 7) is 6.04. The zero-order valence-electron chi connectivity index (χ0n) is 17.8. The maximum atomic E-state index is 13.6. The molecule has 2 aliphatic rings. The predicted octanol–water partition coefficient (Wildman–Crippen LogP) is 5.31. The topological polar surface area (TPSA) is 45.1 Å². The van der Waals surface area contributed by atoms with Crippen LogP contribution in [0.4, 0.5) is 11.4 Å². The number of benzene rings is 2. The van der Waals surface area contributed by atoms with Crippen molar-refractivity contribution in [3.8, 4) is 5.75 Å². The van der Waals surface area contributed by atoms with E-state index in [0.717, 1.165) is 48.9 Å². The number of ether oxygens (including phenoxy) is 1. The van der Waals surface area contributed by atoms with Crippen molar-refractivity contribution in [1.82, 2.24) is 4.90 Å². The number of amides is 1. The average Bonchev–Trinajstić information content (AvgIpc) is 2.95. The summed E-state index contributed by atoms with van der Waals surface area (Å²) in [4.78, 5) is 22.8. The molecular weight excluding hydrogens is 398 g/mol. The van der Waals surface area contributed by atoms with E-state index in [4.69, 9.17) is 21.3 Å². The highest BCUT2D eigenvalue weighted by molar-refractivity contribution is 6.31. The molecule has 1 amide bonds. The number of carbonyl (C=O) groups excluding carboxylic acids is 1. The van der Waals surface area contributed by atoms with Gasteiger partial charge < -0.3 is 4.74 Å². The van der Waals surface area contributed by atoms with Gasteiger partial charge in [-0.2, -0.15) is 0 Å². The maximum absolute atomic E-state index is 13.6. The van der Waals surface area contributed by atoms with Crippen LogP contribution in [0, 0.1) is 5.41 Å². The van der Waals surface area contributed by atoms with Gasteiger partial charge in [0.2, 0.25) is 5.91 Å². The van der Waals surface area contributed by atoms with Crippen molar-refractivity contribution in [2.75, 3.05) is 25.1 Å². The minimum atomic E-state index is -0.581. The van der Waals surface area contributed by atoms with Gasteiger partial charge in [0.05, 0.1) is 29.9 Å². The van der Waals surface area contributed by atoms with E-state index in [1.54, 1.807) is 12.0 Å². The lowest BCUT2D eigenvalue weighted by Crippen LogP contribution is -2.49. The fraction of sp³-hybridized carbons (Fsp3) is 0.417. The number of nitrogens with zero attached hydrogens (tertiary/aromatic N) is 3. The summed E-state index contributed by atoms with van der Waals surface area (Å²) >= 11 is 6.10. The van der Waals surface area contributed by atoms with Gasteiger partial charge in [-0.25, -0.2) is 4.99 Å². The summed E-state index contributed by atoms with van der Waals surface area (Å²) in [5, 5.41) is 0.644. The van der Waals surface area contributed by atoms with Crippen molar-refractivity contribution in [2.24, 2.45) is 10.4 Å². The number of hydrogen-bond acceptors (Lipinski definition) is 4. The largest absolute Gasteiger partial charge is 0.497 e. The molecular formula is C24H28ClN3O2. The number of carbonyl (C=O) groups is 1. The van der Waals surface area contributed by atoms with Gasteiger partial charge in [-0.05, 0) is 88.3 Å². The van der Waals surface area contributed by atoms with Crippen molar-refractivity contribution in [3.63, 3.8) is 0 Å². The molecule has 2 saturated heterocycles. The molecule has 0 aromatic heterocycles. The molecule has 0 spiro atoms. The van der Waals surface area contributed by atoms with E-state index in [9.17, 15) is 4.79 Å². The summed E-state index contributed by atoms with van der Waals surface area (Å²) in [6.07, 6.45) is 3.54. The SMILES string of the molecule is COc1ccc(N=C2[C@H](N3CCCCC3)C(C)(C)C(=O)N2c2ccc(Cl)cc2)cc1. The number of rotatable bonds is 4. The van der Waals surface area contributed by atoms with E-state index in [1.807, 2.05) is 62.4 Å². The average molecular weight is 426 g/mol. The Bertz CT molecular complexity index is 932. The van der Waals surface area contributed by atoms with E-state index in [-0.39, 0.29) is 11.9 Å². The summed E-state index contributed by atoms with van der Waals surface area (Å²) in [5.41, 5.74) is 1.02. The summed E-state index contributed by atoms with van der Waals surface area (Å²) in [7, 11) is 1.65. The molecule has 2 aromatic carbocycles. The number of piperidine rings is 1. The number of hydrogen-bond donors (Lipinski definition) is 0. The molecule has 2 aromatic rings. The van der Waals surface area contributed by atoms with Gasteiger partial charge in [0.15, 0.2) is 0 Å². The Morgan fingerprint density at radius 1 is 1.00 bits per heavy atom. The normalized spacial score (nSPS) is 23.2. The van der Waals surface area contributed by atoms with Crippen LogP contribution in [0.2, 0.25) is 5.02 Å². The molecule has 158 valence electrons. The van der Waals surface area contributed by atoms with Crippen LogP contribution < -0.4 is 9.64 Å². The number of halogens is 1. The second kappa shape index (κ2) is 8.40. The molecule has 2 fully saturated rings. The van der Waals surface area contributed by atoms with E-state index < -0.39 is 5.41 Å². The third-order valence-corrected chi connectivity index (χ3v) is 6.32. The summed E-state index contributed by atoms with van der Waals surface area (Å²) in [5.74, 6) is 1.62. The molecule has 0 radical (unpaired) electrons. The van der Waals surface area contributed by atoms with Gasteiger partial charge in [-0.3, -0.25) is 14.6 Å². The van der Waals surface area contributed by atoms with Gasteiger partial charge >= 0.3 is 0 Å². The second-order valence-corrected chi connectivity index (χ2v) is 8.94. The number of likely N-dealkylation sites (tertiary alicyclic amines) is 1. The minimum absolute atomic E-state index is 0.0626. The lowest BCUT2D eigenvalue weighted by molar-refractivity contribution is -0.125. The molecule has 0 unspecified atom stereocenters. The number of aliphatic imine (C=N–C) groups is 1. The first-order valence-electron chi connectivity index (χ1n) is 10.5. The van der Waals surface area contributed by atoms with Gasteiger partial charge in [0.1, 0.15) is 11.6 Å². The second-order valence-electron chi connectivity index (χ2n) is 8.51. The zero-order valence-corrected chi connectivity index (χ0v) is 18.5. The number of methoxy groups -OCH3 is 1. The fourth-order valence-electron chi connectivity index (χ4n) is 4.49. The van der Waals surface area contributed by atoms with Crippen LogP contribution in [-0.2, 0) is 4.79 Å². The van der Waals surface area contributed by atoms with E-state index in [0.29, 0.717) is 5.02 Å². The third-order valence-electron chi connectivity index (χ3n) is 6.07. The molecule has 4 rings (SSSR count). The van der Waals surface area contributed by atoms with Crippen molar-refractivity contribution >= 4 is 34.7 Å². The van der Waals surface area contributed by atoms with Gasteiger partial charge in [-0.15, -0.1) is 0 Å². The Labute approximate surface area is 183 Å². The molecule has 0 bridgehead atoms. The van der Waals surface area contributed by atoms with Crippen LogP contribution in [-0.4, -0.2) is 42.9 Å². The highest BCUT2D eigenvalue weighted by atomic mass is 35.5. The Morgan fingerprint density at radius 3 is 2.23 bits per heavy atom. The van der Waals surface area contributed by atoms with Crippen molar-refractivity contribution in [2.45, 2.75) is 39.2 Å². The van der Waals surface area contributed by atoms with Crippen molar-refractivity contribution in [1.29, 1.82) is 0 Å². The van der Waals surface area contributed by atoms with E-state index >= 15 is 0 Å². The highest BCUT2D eigenvalue weighted by Crippen LogP contribution is 2.41. The quantitative estimate of drug-likeness (QED) is 0.667. The van der Waals surface area contributed by atoms with Crippen LogP contribution in [0.3, 0.4) is 0 Å². The fourth-order valence-corrected chi connectivity index (χ4v) is 4.62. The maximum Gasteiger partial charge on any atom is 0.240 e. The number of amidine groups is 1. The Hall–Kier alpha value is -2.37. The molecule has 30 heavy (non-hydrogen) atoms. The molecule has 0 saturated carbocycles. The van der Waals surface area contributed by atoms with Gasteiger partial charge in [0.25, 0.3) is 0 Å². The monoisotopic (exact) mass is 425 g/mol. The smallest absolute Gasteiger partial charge is 0.240 e. The Balaban J connectivity index is 1.83. The molecule has 1 atom stereocenters. The van der Waals surface area contributed by atoms with E-state index in [2.05, 4.69) is 4.90 Å². The molecule has 2 aliphatic heterocycles. The van der Waals surface area contributed by atoms with Crippen molar-refractivity contribution in [3.05, 3.63) is 53.6 Å². The third kappa shape index (κ3) is 3.84. The summed E-state index contributed by atoms with van der Waals surface area (Å²) in [6, 6.07) is 15.0. The predicted molar refractivity (Wildman–Crippen MR) is 122 cm³/mol. The number of anilines is 1. The lowest BCUT2D eigenvalue weighted by Gasteiger charge is -2.37. The molecule has 5 nitrogen and oxygen atoms in total. The van der Waals surface area contributed by atoms with Crippen LogP contribution >= 0.6 is 11.6 Å². The summed E-state index contributed by atoms with van der Waals surface area (Å²) < 4.78 is 5.27. The molecule has 0 aliphatic carbocycles. The highest BCUT2D eigenvalue weighted by Gasteiger charge is 2.54. The first-order chi connectivity index (χ1) is 14.4. The van der Waals surface area contributed by atoms with Gasteiger partial charge in [0, 0.05) is 5.02 Å². The Kier molecular flexibility index (Phi) is 5.85. The molecule has 0 N–H and O–H groups in total. The zero-order chi connectivity index (χ0) is 21.3. The van der Waals surface area contributed by atoms with Crippen LogP contribution in [0.25, 0.3) is 0 Å². The van der Waals surface area contributed by atoms with Gasteiger partial charge in [-0.1, -0.05) is 18.0 Å². The molecule has 2 heterocycles. The van der Waals surface area contributed by atoms with Crippen LogP contribution in [0.1, 0.15) is 33.1 Å². The van der Waals surface area contributed by atoms with E-state index in [1.165, 1.54) is 6.42 Å². The van der Waals surface area contributed by atoms with Crippen LogP contribution in [0.15, 0.2) is 53.5 Å². The first kappa shape index (κ1) is 20.9. The molecule has 6 heteroatoms. The minimum Gasteiger partial charge on any atom is -0.497 e. The Morgan fingerprint density at radius 2 is 1.63 bits per heavy atom. The lowest BCUT2D eigenvalue weighted by atomic mass is 9.84. The standard InChI is InChI=1S/C24H28ClN3O2/c1-24(2)21(27-15-5-4-6-16-27)22(26-18-9-13-20(30-3)14-10-18)28(23(24)29)19-11-7-17(25)8-12-19/h7-14,21H,4-6,15-16H2,1-3H3/t21-/m0/s1.